The lowest BCUT2D eigenvalue weighted by Gasteiger charge is -2.10. The van der Waals surface area contributed by atoms with Crippen LogP contribution in [-0.4, -0.2) is 22.8 Å². The number of ether oxygens (including phenoxy) is 1. The van der Waals surface area contributed by atoms with Crippen LogP contribution in [0.2, 0.25) is 0 Å². The third-order valence-electron chi connectivity index (χ3n) is 2.71. The number of carbonyl (C=O) groups is 1. The number of rotatable bonds is 4. The Labute approximate surface area is 109 Å². The Morgan fingerprint density at radius 2 is 2.00 bits per heavy atom. The third-order valence-corrected chi connectivity index (χ3v) is 2.71. The van der Waals surface area contributed by atoms with E-state index in [2.05, 4.69) is 0 Å². The van der Waals surface area contributed by atoms with Crippen molar-refractivity contribution in [2.45, 2.75) is 6.54 Å². The molecule has 1 aromatic carbocycles. The highest BCUT2D eigenvalue weighted by molar-refractivity contribution is 5.70. The Hall–Kier alpha value is -2.56. The molecule has 5 heteroatoms. The van der Waals surface area contributed by atoms with Gasteiger partial charge >= 0.3 is 5.97 Å². The van der Waals surface area contributed by atoms with E-state index in [1.165, 1.54) is 12.3 Å². The molecule has 1 N–H and O–H groups in total. The van der Waals surface area contributed by atoms with Crippen LogP contribution in [0.1, 0.15) is 0 Å². The zero-order chi connectivity index (χ0) is 13.8. The van der Waals surface area contributed by atoms with Gasteiger partial charge in [-0.05, 0) is 12.1 Å². The topological polar surface area (TPSA) is 68.5 Å². The fourth-order valence-corrected chi connectivity index (χ4v) is 1.84. The molecule has 0 aliphatic carbocycles. The number of aliphatic carboxylic acids is 1. The van der Waals surface area contributed by atoms with Gasteiger partial charge in [0.05, 0.1) is 7.11 Å². The number of para-hydroxylation sites is 1. The first-order valence-corrected chi connectivity index (χ1v) is 5.67. The summed E-state index contributed by atoms with van der Waals surface area (Å²) in [5.41, 5.74) is 1.20. The average molecular weight is 259 g/mol. The van der Waals surface area contributed by atoms with Gasteiger partial charge in [-0.3, -0.25) is 9.59 Å². The first-order valence-electron chi connectivity index (χ1n) is 5.67. The summed E-state index contributed by atoms with van der Waals surface area (Å²) < 4.78 is 6.40. The largest absolute Gasteiger partial charge is 0.496 e. The van der Waals surface area contributed by atoms with E-state index in [9.17, 15) is 9.59 Å². The van der Waals surface area contributed by atoms with E-state index in [0.29, 0.717) is 5.75 Å². The van der Waals surface area contributed by atoms with E-state index in [1.807, 2.05) is 24.3 Å². The molecule has 0 fully saturated rings. The molecule has 1 heterocycles. The third kappa shape index (κ3) is 2.82. The number of pyridine rings is 1. The van der Waals surface area contributed by atoms with Gasteiger partial charge in [-0.2, -0.15) is 0 Å². The number of carboxylic acids is 1. The second-order valence-electron chi connectivity index (χ2n) is 3.98. The maximum absolute atomic E-state index is 11.6. The van der Waals surface area contributed by atoms with Gasteiger partial charge in [0.15, 0.2) is 0 Å². The smallest absolute Gasteiger partial charge is 0.323 e. The lowest BCUT2D eigenvalue weighted by Crippen LogP contribution is -2.22. The Morgan fingerprint density at radius 1 is 1.26 bits per heavy atom. The molecule has 2 rings (SSSR count). The summed E-state index contributed by atoms with van der Waals surface area (Å²) >= 11 is 0. The molecule has 0 spiro atoms. The van der Waals surface area contributed by atoms with Crippen LogP contribution < -0.4 is 10.3 Å². The van der Waals surface area contributed by atoms with Crippen molar-refractivity contribution in [2.75, 3.05) is 7.11 Å². The molecule has 0 bridgehead atoms. The number of hydrogen-bond donors (Lipinski definition) is 1. The molecule has 5 nitrogen and oxygen atoms in total. The highest BCUT2D eigenvalue weighted by atomic mass is 16.5. The van der Waals surface area contributed by atoms with Crippen LogP contribution in [-0.2, 0) is 11.3 Å². The first kappa shape index (κ1) is 12.9. The SMILES string of the molecule is COc1ccccc1-c1ccc(=O)n(CC(=O)O)c1. The van der Waals surface area contributed by atoms with Crippen LogP contribution in [0.4, 0.5) is 0 Å². The molecule has 1 aromatic heterocycles. The monoisotopic (exact) mass is 259 g/mol. The summed E-state index contributed by atoms with van der Waals surface area (Å²) in [6, 6.07) is 10.4. The van der Waals surface area contributed by atoms with Gasteiger partial charge in [0, 0.05) is 23.4 Å². The number of hydrogen-bond acceptors (Lipinski definition) is 3. The summed E-state index contributed by atoms with van der Waals surface area (Å²) in [5, 5.41) is 8.77. The van der Waals surface area contributed by atoms with Gasteiger partial charge in [0.2, 0.25) is 0 Å². The minimum atomic E-state index is -1.06. The van der Waals surface area contributed by atoms with Crippen LogP contribution in [0.3, 0.4) is 0 Å². The van der Waals surface area contributed by atoms with Gasteiger partial charge in [-0.1, -0.05) is 18.2 Å². The van der Waals surface area contributed by atoms with E-state index in [4.69, 9.17) is 9.84 Å². The molecule has 0 aliphatic heterocycles. The highest BCUT2D eigenvalue weighted by Gasteiger charge is 2.08. The number of nitrogens with zero attached hydrogens (tertiary/aromatic N) is 1. The van der Waals surface area contributed by atoms with Crippen molar-refractivity contribution in [1.29, 1.82) is 0 Å². The lowest BCUT2D eigenvalue weighted by molar-refractivity contribution is -0.137. The van der Waals surface area contributed by atoms with Crippen LogP contribution in [0.25, 0.3) is 11.1 Å². The molecule has 2 aromatic rings. The van der Waals surface area contributed by atoms with E-state index in [1.54, 1.807) is 13.2 Å². The molecule has 98 valence electrons. The van der Waals surface area contributed by atoms with Gasteiger partial charge in [0.25, 0.3) is 5.56 Å². The number of aromatic nitrogens is 1. The zero-order valence-electron chi connectivity index (χ0n) is 10.4. The normalized spacial score (nSPS) is 10.2. The molecule has 0 aliphatic rings. The summed E-state index contributed by atoms with van der Waals surface area (Å²) in [5.74, 6) is -0.387. The quantitative estimate of drug-likeness (QED) is 0.905. The van der Waals surface area contributed by atoms with Gasteiger partial charge in [-0.15, -0.1) is 0 Å². The fraction of sp³-hybridized carbons (Fsp3) is 0.143. The Morgan fingerprint density at radius 3 is 2.68 bits per heavy atom. The Bertz CT molecular complexity index is 660. The number of carboxylic acid groups (broad SMARTS) is 1. The van der Waals surface area contributed by atoms with E-state index in [0.717, 1.165) is 15.7 Å². The van der Waals surface area contributed by atoms with Crippen molar-refractivity contribution in [2.24, 2.45) is 0 Å². The highest BCUT2D eigenvalue weighted by Crippen LogP contribution is 2.28. The standard InChI is InChI=1S/C14H13NO4/c1-19-12-5-3-2-4-11(12)10-6-7-13(16)15(8-10)9-14(17)18/h2-8H,9H2,1H3,(H,17,18). The maximum atomic E-state index is 11.6. The predicted octanol–water partition coefficient (Wildman–Crippen LogP) is 1.61. The van der Waals surface area contributed by atoms with Gasteiger partial charge in [-0.25, -0.2) is 0 Å². The molecule has 0 atom stereocenters. The van der Waals surface area contributed by atoms with Crippen LogP contribution in [0, 0.1) is 0 Å². The molecular weight excluding hydrogens is 246 g/mol. The summed E-state index contributed by atoms with van der Waals surface area (Å²) in [4.78, 5) is 22.3. The summed E-state index contributed by atoms with van der Waals surface area (Å²) in [6.45, 7) is -0.359. The molecule has 0 unspecified atom stereocenters. The Balaban J connectivity index is 2.51. The van der Waals surface area contributed by atoms with Crippen molar-refractivity contribution < 1.29 is 14.6 Å². The van der Waals surface area contributed by atoms with E-state index < -0.39 is 5.97 Å². The first-order chi connectivity index (χ1) is 9.11. The predicted molar refractivity (Wildman–Crippen MR) is 70.3 cm³/mol. The van der Waals surface area contributed by atoms with Crippen molar-refractivity contribution in [3.8, 4) is 16.9 Å². The van der Waals surface area contributed by atoms with Gasteiger partial charge < -0.3 is 14.4 Å². The van der Waals surface area contributed by atoms with Crippen molar-refractivity contribution in [3.05, 3.63) is 52.9 Å². The molecule has 0 amide bonds. The minimum Gasteiger partial charge on any atom is -0.496 e. The van der Waals surface area contributed by atoms with E-state index in [-0.39, 0.29) is 12.1 Å². The van der Waals surface area contributed by atoms with Crippen molar-refractivity contribution in [1.82, 2.24) is 4.57 Å². The number of benzene rings is 1. The van der Waals surface area contributed by atoms with Crippen LogP contribution >= 0.6 is 0 Å². The van der Waals surface area contributed by atoms with Crippen LogP contribution in [0.5, 0.6) is 5.75 Å². The minimum absolute atomic E-state index is 0.346. The molecule has 19 heavy (non-hydrogen) atoms. The molecular formula is C14H13NO4. The summed E-state index contributed by atoms with van der Waals surface area (Å²) in [6.07, 6.45) is 1.52. The summed E-state index contributed by atoms with van der Waals surface area (Å²) in [7, 11) is 1.56. The lowest BCUT2D eigenvalue weighted by atomic mass is 10.1. The van der Waals surface area contributed by atoms with E-state index >= 15 is 0 Å². The molecule has 0 saturated heterocycles. The second-order valence-corrected chi connectivity index (χ2v) is 3.98. The average Bonchev–Trinajstić information content (AvgIpc) is 2.41. The number of methoxy groups -OCH3 is 1. The maximum Gasteiger partial charge on any atom is 0.323 e. The zero-order valence-corrected chi connectivity index (χ0v) is 10.4. The molecule has 0 saturated carbocycles. The fourth-order valence-electron chi connectivity index (χ4n) is 1.84. The Kier molecular flexibility index (Phi) is 3.66. The van der Waals surface area contributed by atoms with Crippen LogP contribution in [0.15, 0.2) is 47.4 Å². The van der Waals surface area contributed by atoms with Crippen molar-refractivity contribution >= 4 is 5.97 Å². The second kappa shape index (κ2) is 5.39. The molecule has 0 radical (unpaired) electrons. The van der Waals surface area contributed by atoms with Gasteiger partial charge in [0.1, 0.15) is 12.3 Å². The van der Waals surface area contributed by atoms with Crippen molar-refractivity contribution in [3.63, 3.8) is 0 Å².